The van der Waals surface area contributed by atoms with E-state index in [2.05, 4.69) is 185 Å². The molecule has 4 aromatic heterocycles. The molecule has 3 nitrogen and oxygen atoms in total. The van der Waals surface area contributed by atoms with Crippen molar-refractivity contribution in [2.75, 3.05) is 0 Å². The zero-order valence-electron chi connectivity index (χ0n) is 27.5. The van der Waals surface area contributed by atoms with Crippen LogP contribution in [-0.2, 0) is 0 Å². The standard InChI is InChI=1S/C47H29N3S/c1-3-13-30(14-4-1)39-27-33(28-40(48-39)31-15-5-2-6-16-31)50-41-20-10-7-17-34(41)35-24-23-32(29-44(35)50)49-42-21-11-8-19-38(42)46-43(49)26-25-37-36-18-9-12-22-45(36)51-47(37)46/h1-29H. The Balaban J connectivity index is 1.21. The monoisotopic (exact) mass is 667 g/mol. The quantitative estimate of drug-likeness (QED) is 0.183. The van der Waals surface area contributed by atoms with E-state index in [0.29, 0.717) is 0 Å². The third-order valence-electron chi connectivity index (χ3n) is 10.3. The molecule has 0 amide bonds. The number of hydrogen-bond donors (Lipinski definition) is 0. The Hall–Kier alpha value is -6.49. The summed E-state index contributed by atoms with van der Waals surface area (Å²) in [6.07, 6.45) is 0. The van der Waals surface area contributed by atoms with Crippen molar-refractivity contribution < 1.29 is 0 Å². The summed E-state index contributed by atoms with van der Waals surface area (Å²) in [4.78, 5) is 5.19. The fourth-order valence-electron chi connectivity index (χ4n) is 8.05. The number of para-hydroxylation sites is 2. The molecule has 0 fully saturated rings. The van der Waals surface area contributed by atoms with E-state index in [1.807, 2.05) is 11.3 Å². The average Bonchev–Trinajstić information content (AvgIpc) is 3.86. The van der Waals surface area contributed by atoms with Gasteiger partial charge in [-0.2, -0.15) is 0 Å². The maximum absolute atomic E-state index is 5.19. The fraction of sp³-hybridized carbons (Fsp3) is 0. The Kier molecular flexibility index (Phi) is 6.12. The van der Waals surface area contributed by atoms with Crippen LogP contribution in [0.3, 0.4) is 0 Å². The van der Waals surface area contributed by atoms with Crippen LogP contribution in [-0.4, -0.2) is 14.1 Å². The van der Waals surface area contributed by atoms with Crippen LogP contribution in [0.1, 0.15) is 0 Å². The third-order valence-corrected chi connectivity index (χ3v) is 11.5. The summed E-state index contributed by atoms with van der Waals surface area (Å²) in [5.41, 5.74) is 11.1. The van der Waals surface area contributed by atoms with Gasteiger partial charge in [0.2, 0.25) is 0 Å². The van der Waals surface area contributed by atoms with Crippen molar-refractivity contribution in [3.05, 3.63) is 176 Å². The summed E-state index contributed by atoms with van der Waals surface area (Å²) in [6, 6.07) is 63.4. The number of rotatable bonds is 4. The SMILES string of the molecule is c1ccc(-c2cc(-n3c4ccccc4c4ccc(-n5c6ccccc6c6c7sc8ccccc8c7ccc65)cc43)cc(-c3ccccc3)n2)cc1. The Labute approximate surface area is 297 Å². The topological polar surface area (TPSA) is 22.8 Å². The first kappa shape index (κ1) is 28.4. The molecule has 0 saturated carbocycles. The molecule has 0 aliphatic carbocycles. The van der Waals surface area contributed by atoms with Crippen molar-refractivity contribution in [2.24, 2.45) is 0 Å². The average molecular weight is 668 g/mol. The van der Waals surface area contributed by atoms with Crippen LogP contribution < -0.4 is 0 Å². The number of hydrogen-bond acceptors (Lipinski definition) is 2. The molecule has 0 radical (unpaired) electrons. The lowest BCUT2D eigenvalue weighted by molar-refractivity contribution is 1.14. The molecule has 0 saturated heterocycles. The van der Waals surface area contributed by atoms with Gasteiger partial charge in [-0.25, -0.2) is 4.98 Å². The molecule has 4 heteroatoms. The summed E-state index contributed by atoms with van der Waals surface area (Å²) < 4.78 is 7.54. The predicted octanol–water partition coefficient (Wildman–Crippen LogP) is 13.0. The first-order valence-corrected chi connectivity index (χ1v) is 18.1. The Morgan fingerprint density at radius 3 is 1.65 bits per heavy atom. The number of nitrogens with zero attached hydrogens (tertiary/aromatic N) is 3. The van der Waals surface area contributed by atoms with Gasteiger partial charge in [-0.15, -0.1) is 11.3 Å². The molecular weight excluding hydrogens is 639 g/mol. The van der Waals surface area contributed by atoms with Gasteiger partial charge in [0.1, 0.15) is 0 Å². The van der Waals surface area contributed by atoms with Gasteiger partial charge < -0.3 is 9.13 Å². The van der Waals surface area contributed by atoms with Crippen LogP contribution in [0.2, 0.25) is 0 Å². The van der Waals surface area contributed by atoms with Gasteiger partial charge in [0, 0.05) is 58.5 Å². The fourth-order valence-corrected chi connectivity index (χ4v) is 9.31. The highest BCUT2D eigenvalue weighted by Gasteiger charge is 2.20. The Morgan fingerprint density at radius 1 is 0.373 bits per heavy atom. The molecule has 4 heterocycles. The van der Waals surface area contributed by atoms with E-state index >= 15 is 0 Å². The van der Waals surface area contributed by atoms with Gasteiger partial charge in [-0.05, 0) is 48.5 Å². The number of fused-ring (bicyclic) bond motifs is 10. The highest BCUT2D eigenvalue weighted by atomic mass is 32.1. The van der Waals surface area contributed by atoms with Crippen LogP contribution in [0.25, 0.3) is 97.7 Å². The minimum atomic E-state index is 0.948. The summed E-state index contributed by atoms with van der Waals surface area (Å²) in [7, 11) is 0. The van der Waals surface area contributed by atoms with E-state index in [1.54, 1.807) is 0 Å². The third kappa shape index (κ3) is 4.27. The van der Waals surface area contributed by atoms with Crippen LogP contribution in [0.15, 0.2) is 176 Å². The first-order chi connectivity index (χ1) is 25.3. The Bertz CT molecular complexity index is 3070. The lowest BCUT2D eigenvalue weighted by Crippen LogP contribution is -1.99. The van der Waals surface area contributed by atoms with E-state index in [1.165, 1.54) is 58.3 Å². The second-order valence-corrected chi connectivity index (χ2v) is 14.2. The van der Waals surface area contributed by atoms with Crippen molar-refractivity contribution in [1.82, 2.24) is 14.1 Å². The van der Waals surface area contributed by atoms with E-state index in [0.717, 1.165) is 39.4 Å². The van der Waals surface area contributed by atoms with E-state index in [4.69, 9.17) is 4.98 Å². The summed E-state index contributed by atoms with van der Waals surface area (Å²) in [6.45, 7) is 0. The molecule has 0 spiro atoms. The molecule has 0 unspecified atom stereocenters. The normalized spacial score (nSPS) is 11.9. The number of pyridine rings is 1. The molecule has 0 N–H and O–H groups in total. The van der Waals surface area contributed by atoms with E-state index in [-0.39, 0.29) is 0 Å². The predicted molar refractivity (Wildman–Crippen MR) is 217 cm³/mol. The molecule has 7 aromatic carbocycles. The van der Waals surface area contributed by atoms with Crippen molar-refractivity contribution in [3.63, 3.8) is 0 Å². The van der Waals surface area contributed by atoms with Crippen LogP contribution in [0.4, 0.5) is 0 Å². The second-order valence-electron chi connectivity index (χ2n) is 13.2. The maximum atomic E-state index is 5.19. The number of benzene rings is 7. The molecule has 11 aromatic rings. The smallest absolute Gasteiger partial charge is 0.0730 e. The minimum Gasteiger partial charge on any atom is -0.309 e. The van der Waals surface area contributed by atoms with Crippen LogP contribution in [0.5, 0.6) is 0 Å². The van der Waals surface area contributed by atoms with Gasteiger partial charge in [-0.1, -0.05) is 127 Å². The Morgan fingerprint density at radius 2 is 0.922 bits per heavy atom. The molecule has 238 valence electrons. The van der Waals surface area contributed by atoms with Crippen molar-refractivity contribution in [3.8, 4) is 33.9 Å². The van der Waals surface area contributed by atoms with Gasteiger partial charge in [-0.3, -0.25) is 0 Å². The van der Waals surface area contributed by atoms with Crippen molar-refractivity contribution >= 4 is 75.1 Å². The largest absolute Gasteiger partial charge is 0.309 e. The molecule has 11 rings (SSSR count). The maximum Gasteiger partial charge on any atom is 0.0730 e. The van der Waals surface area contributed by atoms with Crippen molar-refractivity contribution in [1.29, 1.82) is 0 Å². The molecule has 0 atom stereocenters. The van der Waals surface area contributed by atoms with E-state index in [9.17, 15) is 0 Å². The van der Waals surface area contributed by atoms with Crippen LogP contribution in [0, 0.1) is 0 Å². The highest BCUT2D eigenvalue weighted by Crippen LogP contribution is 2.44. The van der Waals surface area contributed by atoms with Gasteiger partial charge in [0.15, 0.2) is 0 Å². The van der Waals surface area contributed by atoms with Crippen LogP contribution >= 0.6 is 11.3 Å². The summed E-state index contributed by atoms with van der Waals surface area (Å²) >= 11 is 1.90. The van der Waals surface area contributed by atoms with E-state index < -0.39 is 0 Å². The molecular formula is C47H29N3S. The van der Waals surface area contributed by atoms with Crippen molar-refractivity contribution in [2.45, 2.75) is 0 Å². The molecule has 51 heavy (non-hydrogen) atoms. The zero-order chi connectivity index (χ0) is 33.5. The first-order valence-electron chi connectivity index (χ1n) is 17.3. The van der Waals surface area contributed by atoms with Gasteiger partial charge in [0.25, 0.3) is 0 Å². The second kappa shape index (κ2) is 11.0. The lowest BCUT2D eigenvalue weighted by Gasteiger charge is -2.14. The molecule has 0 aliphatic rings. The summed E-state index contributed by atoms with van der Waals surface area (Å²) in [5, 5.41) is 7.69. The number of thiophene rings is 1. The van der Waals surface area contributed by atoms with Gasteiger partial charge in [0.05, 0.1) is 39.1 Å². The molecule has 0 bridgehead atoms. The van der Waals surface area contributed by atoms with Gasteiger partial charge >= 0.3 is 0 Å². The minimum absolute atomic E-state index is 0.948. The highest BCUT2D eigenvalue weighted by molar-refractivity contribution is 7.26. The summed E-state index contributed by atoms with van der Waals surface area (Å²) in [5.74, 6) is 0. The zero-order valence-corrected chi connectivity index (χ0v) is 28.3. The lowest BCUT2D eigenvalue weighted by atomic mass is 10.1. The molecule has 0 aliphatic heterocycles. The number of aromatic nitrogens is 3.